The number of esters is 1. The number of nitrogens with one attached hydrogen (secondary N) is 1. The zero-order chi connectivity index (χ0) is 33.2. The van der Waals surface area contributed by atoms with E-state index in [2.05, 4.69) is 0 Å². The van der Waals surface area contributed by atoms with Gasteiger partial charge in [0.1, 0.15) is 29.6 Å². The minimum atomic E-state index is -1.15. The first-order valence-electron chi connectivity index (χ1n) is 15.3. The molecule has 2 N–H and O–H groups in total. The van der Waals surface area contributed by atoms with E-state index in [0.29, 0.717) is 61.9 Å². The highest BCUT2D eigenvalue weighted by Gasteiger charge is 2.40. The molecule has 3 unspecified atom stereocenters. The highest BCUT2D eigenvalue weighted by atomic mass is 16.5. The lowest BCUT2D eigenvalue weighted by atomic mass is 9.82. The Bertz CT molecular complexity index is 1400. The molecule has 13 heteroatoms. The maximum absolute atomic E-state index is 13.6. The molecule has 13 nitrogen and oxygen atoms in total. The predicted molar refractivity (Wildman–Crippen MR) is 164 cm³/mol. The molecule has 250 valence electrons. The molecule has 2 aromatic carbocycles. The van der Waals surface area contributed by atoms with Crippen LogP contribution in [0.15, 0.2) is 36.4 Å². The number of hydroxylamine groups is 1. The van der Waals surface area contributed by atoms with Crippen LogP contribution < -0.4 is 24.4 Å². The molecule has 4 rings (SSSR count). The summed E-state index contributed by atoms with van der Waals surface area (Å²) in [6, 6.07) is 10.7. The van der Waals surface area contributed by atoms with E-state index in [1.165, 1.54) is 7.11 Å². The molecule has 0 radical (unpaired) electrons. The fraction of sp³-hybridized carbons (Fsp3) is 0.515. The molecular weight excluding hydrogens is 598 g/mol. The molecule has 2 aliphatic heterocycles. The zero-order valence-electron chi connectivity index (χ0n) is 26.8. The third kappa shape index (κ3) is 8.19. The number of likely N-dealkylation sites (tertiary alicyclic amines) is 2. The molecule has 0 spiro atoms. The van der Waals surface area contributed by atoms with Gasteiger partial charge in [-0.05, 0) is 49.9 Å². The van der Waals surface area contributed by atoms with Crippen LogP contribution in [-0.4, -0.2) is 86.8 Å². The molecule has 3 atom stereocenters. The van der Waals surface area contributed by atoms with E-state index in [9.17, 15) is 24.4 Å². The Kier molecular flexibility index (Phi) is 12.1. The van der Waals surface area contributed by atoms with Crippen LogP contribution in [0.4, 0.5) is 0 Å². The summed E-state index contributed by atoms with van der Waals surface area (Å²) in [6.45, 7) is 1.44. The standard InChI is InChI=1S/C33H43N3O10/c1-42-24-11-9-21(28(15-24)44-3)18-35-13-5-7-23(32(35)39)20-46-30(37)17-27(31(38)34-41)26-8-6-14-36(33(26)40)19-22-10-12-25(43-2)16-29(22)45-4/h9-12,15-16,23,26-27,41H,5-8,13-14,17-20H2,1-4H3,(H,34,38). The molecule has 3 amide bonds. The maximum Gasteiger partial charge on any atom is 0.306 e. The quantitative estimate of drug-likeness (QED) is 0.179. The lowest BCUT2D eigenvalue weighted by Gasteiger charge is -2.35. The third-order valence-electron chi connectivity index (χ3n) is 8.69. The second-order valence-electron chi connectivity index (χ2n) is 11.4. The van der Waals surface area contributed by atoms with Crippen molar-refractivity contribution in [2.45, 2.75) is 45.2 Å². The van der Waals surface area contributed by atoms with Crippen LogP contribution in [0, 0.1) is 17.8 Å². The highest BCUT2D eigenvalue weighted by molar-refractivity contribution is 5.90. The number of carbonyl (C=O) groups is 4. The average molecular weight is 642 g/mol. The van der Waals surface area contributed by atoms with E-state index < -0.39 is 36.1 Å². The molecule has 0 bridgehead atoms. The molecule has 2 aliphatic rings. The Labute approximate surface area is 268 Å². The minimum Gasteiger partial charge on any atom is -0.497 e. The second-order valence-corrected chi connectivity index (χ2v) is 11.4. The minimum absolute atomic E-state index is 0.145. The van der Waals surface area contributed by atoms with E-state index in [0.717, 1.165) is 17.5 Å². The van der Waals surface area contributed by atoms with Crippen molar-refractivity contribution in [2.75, 3.05) is 48.1 Å². The molecule has 0 saturated carbocycles. The summed E-state index contributed by atoms with van der Waals surface area (Å²) in [5.74, 6) is -2.13. The number of hydrogen-bond acceptors (Lipinski definition) is 10. The SMILES string of the molecule is COc1ccc(CN2CCCC(COC(=O)CC(C(=O)NO)C3CCCN(Cc4ccc(OC)cc4OC)C3=O)C2=O)c(OC)c1. The Morgan fingerprint density at radius 2 is 1.37 bits per heavy atom. The van der Waals surface area contributed by atoms with Crippen molar-refractivity contribution in [1.29, 1.82) is 0 Å². The molecule has 2 fully saturated rings. The second kappa shape index (κ2) is 16.2. The molecular formula is C33H43N3O10. The van der Waals surface area contributed by atoms with Crippen LogP contribution in [0.1, 0.15) is 43.2 Å². The van der Waals surface area contributed by atoms with Crippen molar-refractivity contribution in [3.05, 3.63) is 47.5 Å². The van der Waals surface area contributed by atoms with Gasteiger partial charge in [-0.25, -0.2) is 5.48 Å². The lowest BCUT2D eigenvalue weighted by molar-refractivity contribution is -0.156. The number of methoxy groups -OCH3 is 4. The van der Waals surface area contributed by atoms with E-state index >= 15 is 0 Å². The third-order valence-corrected chi connectivity index (χ3v) is 8.69. The summed E-state index contributed by atoms with van der Waals surface area (Å²) >= 11 is 0. The largest absolute Gasteiger partial charge is 0.497 e. The first-order chi connectivity index (χ1) is 22.2. The number of nitrogens with zero attached hydrogens (tertiary/aromatic N) is 2. The molecule has 2 saturated heterocycles. The van der Waals surface area contributed by atoms with Crippen LogP contribution in [0.3, 0.4) is 0 Å². The summed E-state index contributed by atoms with van der Waals surface area (Å²) in [7, 11) is 6.20. The molecule has 2 heterocycles. The van der Waals surface area contributed by atoms with Gasteiger partial charge in [-0.15, -0.1) is 0 Å². The van der Waals surface area contributed by atoms with Gasteiger partial charge in [0.25, 0.3) is 0 Å². The summed E-state index contributed by atoms with van der Waals surface area (Å²) in [4.78, 5) is 56.0. The van der Waals surface area contributed by atoms with Gasteiger partial charge in [-0.2, -0.15) is 0 Å². The summed E-state index contributed by atoms with van der Waals surface area (Å²) in [5, 5.41) is 9.47. The first kappa shape index (κ1) is 34.4. The van der Waals surface area contributed by atoms with Crippen LogP contribution >= 0.6 is 0 Å². The van der Waals surface area contributed by atoms with Gasteiger partial charge in [0.15, 0.2) is 0 Å². The smallest absolute Gasteiger partial charge is 0.306 e. The van der Waals surface area contributed by atoms with Crippen molar-refractivity contribution in [1.82, 2.24) is 15.3 Å². The zero-order valence-corrected chi connectivity index (χ0v) is 26.8. The molecule has 46 heavy (non-hydrogen) atoms. The number of ether oxygens (including phenoxy) is 5. The summed E-state index contributed by atoms with van der Waals surface area (Å²) in [6.07, 6.45) is 1.83. The van der Waals surface area contributed by atoms with Gasteiger partial charge in [0, 0.05) is 49.4 Å². The molecule has 0 aliphatic carbocycles. The Hall–Kier alpha value is -4.52. The average Bonchev–Trinajstić information content (AvgIpc) is 3.08. The fourth-order valence-electron chi connectivity index (χ4n) is 6.14. The number of rotatable bonds is 14. The topological polar surface area (TPSA) is 153 Å². The molecule has 2 aromatic rings. The van der Waals surface area contributed by atoms with E-state index in [-0.39, 0.29) is 25.0 Å². The van der Waals surface area contributed by atoms with Crippen LogP contribution in [0.2, 0.25) is 0 Å². The lowest BCUT2D eigenvalue weighted by Crippen LogP contribution is -2.47. The van der Waals surface area contributed by atoms with E-state index in [4.69, 9.17) is 23.7 Å². The van der Waals surface area contributed by atoms with Gasteiger partial charge >= 0.3 is 5.97 Å². The van der Waals surface area contributed by atoms with Gasteiger partial charge in [0.2, 0.25) is 17.7 Å². The number of piperidine rings is 2. The van der Waals surface area contributed by atoms with Gasteiger partial charge in [-0.3, -0.25) is 24.4 Å². The van der Waals surface area contributed by atoms with Crippen LogP contribution in [-0.2, 0) is 37.0 Å². The van der Waals surface area contributed by atoms with Crippen molar-refractivity contribution in [3.8, 4) is 23.0 Å². The number of amides is 3. The van der Waals surface area contributed by atoms with Crippen molar-refractivity contribution < 1.29 is 48.1 Å². The number of benzene rings is 2. The number of carbonyl (C=O) groups excluding carboxylic acids is 4. The maximum atomic E-state index is 13.6. The van der Waals surface area contributed by atoms with Gasteiger partial charge in [-0.1, -0.05) is 0 Å². The monoisotopic (exact) mass is 641 g/mol. The van der Waals surface area contributed by atoms with Crippen molar-refractivity contribution in [2.24, 2.45) is 17.8 Å². The Morgan fingerprint density at radius 1 is 0.826 bits per heavy atom. The molecule has 0 aromatic heterocycles. The van der Waals surface area contributed by atoms with Crippen molar-refractivity contribution >= 4 is 23.7 Å². The van der Waals surface area contributed by atoms with E-state index in [1.54, 1.807) is 60.9 Å². The van der Waals surface area contributed by atoms with Crippen molar-refractivity contribution in [3.63, 3.8) is 0 Å². The van der Waals surface area contributed by atoms with Gasteiger partial charge in [0.05, 0.1) is 52.6 Å². The summed E-state index contributed by atoms with van der Waals surface area (Å²) in [5.41, 5.74) is 3.20. The van der Waals surface area contributed by atoms with Crippen LogP contribution in [0.5, 0.6) is 23.0 Å². The predicted octanol–water partition coefficient (Wildman–Crippen LogP) is 2.95. The Balaban J connectivity index is 1.37. The van der Waals surface area contributed by atoms with E-state index in [1.807, 2.05) is 12.1 Å². The normalized spacial score (nSPS) is 18.9. The Morgan fingerprint density at radius 3 is 1.89 bits per heavy atom. The number of hydrogen-bond donors (Lipinski definition) is 2. The summed E-state index contributed by atoms with van der Waals surface area (Å²) < 4.78 is 27.0. The van der Waals surface area contributed by atoms with Gasteiger partial charge < -0.3 is 33.5 Å². The first-order valence-corrected chi connectivity index (χ1v) is 15.3. The fourth-order valence-corrected chi connectivity index (χ4v) is 6.14. The highest BCUT2D eigenvalue weighted by Crippen LogP contribution is 2.32. The van der Waals surface area contributed by atoms with Crippen LogP contribution in [0.25, 0.3) is 0 Å².